The predicted octanol–water partition coefficient (Wildman–Crippen LogP) is 6.93. The number of thiophene rings is 1. The standard InChI is InChI=1S/C22H24N4S3/c1-13(2)26-20(19-12-27-16(5)15(19)4)24-25-22(26)29-11-18-10-28-21(23-18)17-8-6-14(3)7-9-17/h6-10,12-13H,11H2,1-5H3. The van der Waals surface area contributed by atoms with E-state index in [0.29, 0.717) is 6.04 Å². The first-order valence-corrected chi connectivity index (χ1v) is 12.3. The molecular weight excluding hydrogens is 416 g/mol. The number of benzene rings is 1. The van der Waals surface area contributed by atoms with Crippen molar-refractivity contribution in [3.8, 4) is 22.0 Å². The maximum atomic E-state index is 4.82. The van der Waals surface area contributed by atoms with Gasteiger partial charge in [0.2, 0.25) is 0 Å². The third-order valence-electron chi connectivity index (χ3n) is 4.91. The van der Waals surface area contributed by atoms with Crippen molar-refractivity contribution in [3.05, 3.63) is 56.7 Å². The van der Waals surface area contributed by atoms with Crippen LogP contribution in [-0.2, 0) is 5.75 Å². The zero-order valence-corrected chi connectivity index (χ0v) is 19.7. The second-order valence-electron chi connectivity index (χ2n) is 7.40. The molecule has 0 saturated heterocycles. The van der Waals surface area contributed by atoms with Crippen molar-refractivity contribution in [1.29, 1.82) is 0 Å². The van der Waals surface area contributed by atoms with E-state index in [4.69, 9.17) is 4.98 Å². The highest BCUT2D eigenvalue weighted by Crippen LogP contribution is 2.34. The Hall–Kier alpha value is -1.96. The van der Waals surface area contributed by atoms with Gasteiger partial charge in [0.05, 0.1) is 5.69 Å². The van der Waals surface area contributed by atoms with E-state index in [9.17, 15) is 0 Å². The summed E-state index contributed by atoms with van der Waals surface area (Å²) in [5.74, 6) is 1.75. The van der Waals surface area contributed by atoms with Crippen molar-refractivity contribution in [2.45, 2.75) is 51.6 Å². The molecule has 0 fully saturated rings. The summed E-state index contributed by atoms with van der Waals surface area (Å²) in [7, 11) is 0. The van der Waals surface area contributed by atoms with E-state index in [1.807, 2.05) is 0 Å². The van der Waals surface area contributed by atoms with Crippen molar-refractivity contribution in [3.63, 3.8) is 0 Å². The topological polar surface area (TPSA) is 43.6 Å². The van der Waals surface area contributed by atoms with Gasteiger partial charge in [0.25, 0.3) is 0 Å². The molecule has 0 atom stereocenters. The Morgan fingerprint density at radius 2 is 1.76 bits per heavy atom. The average Bonchev–Trinajstić information content (AvgIpc) is 3.40. The molecule has 3 aromatic heterocycles. The molecule has 0 unspecified atom stereocenters. The molecule has 4 nitrogen and oxygen atoms in total. The second kappa shape index (κ2) is 8.42. The van der Waals surface area contributed by atoms with Crippen LogP contribution in [0.5, 0.6) is 0 Å². The minimum Gasteiger partial charge on any atom is -0.299 e. The lowest BCUT2D eigenvalue weighted by Gasteiger charge is -2.13. The Labute approximate surface area is 184 Å². The van der Waals surface area contributed by atoms with E-state index >= 15 is 0 Å². The Balaban J connectivity index is 1.55. The minimum absolute atomic E-state index is 0.292. The highest BCUT2D eigenvalue weighted by Gasteiger charge is 2.20. The molecule has 0 amide bonds. The number of thioether (sulfide) groups is 1. The van der Waals surface area contributed by atoms with Gasteiger partial charge in [-0.2, -0.15) is 0 Å². The molecule has 0 saturated carbocycles. The summed E-state index contributed by atoms with van der Waals surface area (Å²) in [5.41, 5.74) is 6.01. The lowest BCUT2D eigenvalue weighted by molar-refractivity contribution is 0.555. The summed E-state index contributed by atoms with van der Waals surface area (Å²) in [6.07, 6.45) is 0. The summed E-state index contributed by atoms with van der Waals surface area (Å²) < 4.78 is 2.24. The van der Waals surface area contributed by atoms with Gasteiger partial charge in [-0.3, -0.25) is 4.57 Å². The summed E-state index contributed by atoms with van der Waals surface area (Å²) in [6.45, 7) is 10.8. The zero-order valence-electron chi connectivity index (χ0n) is 17.3. The summed E-state index contributed by atoms with van der Waals surface area (Å²) in [5, 5.41) is 15.4. The molecule has 0 radical (unpaired) electrons. The van der Waals surface area contributed by atoms with Gasteiger partial charge in [-0.25, -0.2) is 4.98 Å². The number of hydrogen-bond donors (Lipinski definition) is 0. The van der Waals surface area contributed by atoms with Gasteiger partial charge < -0.3 is 0 Å². The number of rotatable bonds is 6. The fourth-order valence-electron chi connectivity index (χ4n) is 3.10. The van der Waals surface area contributed by atoms with Gasteiger partial charge in [-0.1, -0.05) is 41.6 Å². The van der Waals surface area contributed by atoms with Crippen LogP contribution in [0.4, 0.5) is 0 Å². The van der Waals surface area contributed by atoms with E-state index in [0.717, 1.165) is 27.4 Å². The highest BCUT2D eigenvalue weighted by molar-refractivity contribution is 7.98. The Morgan fingerprint density at radius 1 is 1.00 bits per heavy atom. The normalized spacial score (nSPS) is 11.5. The van der Waals surface area contributed by atoms with Crippen molar-refractivity contribution in [2.24, 2.45) is 0 Å². The van der Waals surface area contributed by atoms with E-state index in [2.05, 4.69) is 84.4 Å². The fourth-order valence-corrected chi connectivity index (χ4v) is 5.85. The van der Waals surface area contributed by atoms with Crippen LogP contribution in [-0.4, -0.2) is 19.7 Å². The van der Waals surface area contributed by atoms with Crippen LogP contribution in [0.1, 0.15) is 41.6 Å². The summed E-state index contributed by atoms with van der Waals surface area (Å²) in [6, 6.07) is 8.83. The van der Waals surface area contributed by atoms with Crippen LogP contribution in [0.2, 0.25) is 0 Å². The lowest BCUT2D eigenvalue weighted by Crippen LogP contribution is -2.05. The molecule has 0 bridgehead atoms. The van der Waals surface area contributed by atoms with Gasteiger partial charge in [0, 0.05) is 38.6 Å². The monoisotopic (exact) mass is 440 g/mol. The molecule has 3 heterocycles. The SMILES string of the molecule is Cc1ccc(-c2nc(CSc3nnc(-c4csc(C)c4C)n3C(C)C)cs2)cc1. The number of nitrogens with zero attached hydrogens (tertiary/aromatic N) is 4. The van der Waals surface area contributed by atoms with Crippen LogP contribution in [0.25, 0.3) is 22.0 Å². The number of hydrogen-bond acceptors (Lipinski definition) is 6. The molecular formula is C22H24N4S3. The second-order valence-corrected chi connectivity index (χ2v) is 10.3. The van der Waals surface area contributed by atoms with Crippen molar-refractivity contribution in [2.75, 3.05) is 0 Å². The Bertz CT molecular complexity index is 1120. The van der Waals surface area contributed by atoms with E-state index in [1.54, 1.807) is 34.4 Å². The molecule has 4 rings (SSSR count). The van der Waals surface area contributed by atoms with Crippen LogP contribution in [0.15, 0.2) is 40.2 Å². The fraction of sp³-hybridized carbons (Fsp3) is 0.318. The molecule has 7 heteroatoms. The summed E-state index contributed by atoms with van der Waals surface area (Å²) in [4.78, 5) is 6.16. The molecule has 1 aromatic carbocycles. The number of thiazole rings is 1. The minimum atomic E-state index is 0.292. The molecule has 150 valence electrons. The molecule has 0 N–H and O–H groups in total. The maximum absolute atomic E-state index is 4.82. The molecule has 4 aromatic rings. The summed E-state index contributed by atoms with van der Waals surface area (Å²) >= 11 is 5.17. The van der Waals surface area contributed by atoms with Gasteiger partial charge >= 0.3 is 0 Å². The van der Waals surface area contributed by atoms with E-state index < -0.39 is 0 Å². The predicted molar refractivity (Wildman–Crippen MR) is 125 cm³/mol. The largest absolute Gasteiger partial charge is 0.299 e. The van der Waals surface area contributed by atoms with Gasteiger partial charge in [0.1, 0.15) is 5.01 Å². The third kappa shape index (κ3) is 4.17. The first-order valence-electron chi connectivity index (χ1n) is 9.58. The van der Waals surface area contributed by atoms with Gasteiger partial charge in [-0.05, 0) is 40.2 Å². The van der Waals surface area contributed by atoms with Crippen molar-refractivity contribution in [1.82, 2.24) is 19.7 Å². The molecule has 29 heavy (non-hydrogen) atoms. The maximum Gasteiger partial charge on any atom is 0.192 e. The lowest BCUT2D eigenvalue weighted by atomic mass is 10.1. The van der Waals surface area contributed by atoms with Gasteiger partial charge in [0.15, 0.2) is 11.0 Å². The van der Waals surface area contributed by atoms with Crippen molar-refractivity contribution < 1.29 is 0 Å². The average molecular weight is 441 g/mol. The van der Waals surface area contributed by atoms with Crippen molar-refractivity contribution >= 4 is 34.4 Å². The van der Waals surface area contributed by atoms with Crippen LogP contribution in [0.3, 0.4) is 0 Å². The Kier molecular flexibility index (Phi) is 5.90. The Morgan fingerprint density at radius 3 is 2.41 bits per heavy atom. The number of aromatic nitrogens is 4. The van der Waals surface area contributed by atoms with Crippen LogP contribution in [0, 0.1) is 20.8 Å². The smallest absolute Gasteiger partial charge is 0.192 e. The molecule has 0 aliphatic rings. The van der Waals surface area contributed by atoms with Crippen LogP contribution >= 0.6 is 34.4 Å². The van der Waals surface area contributed by atoms with Gasteiger partial charge in [-0.15, -0.1) is 32.9 Å². The van der Waals surface area contributed by atoms with E-state index in [-0.39, 0.29) is 0 Å². The molecule has 0 spiro atoms. The van der Waals surface area contributed by atoms with Crippen LogP contribution < -0.4 is 0 Å². The highest BCUT2D eigenvalue weighted by atomic mass is 32.2. The molecule has 0 aliphatic heterocycles. The first-order chi connectivity index (χ1) is 13.9. The zero-order chi connectivity index (χ0) is 20.5. The number of aryl methyl sites for hydroxylation is 2. The third-order valence-corrected chi connectivity index (χ3v) is 7.84. The first kappa shape index (κ1) is 20.3. The van der Waals surface area contributed by atoms with E-state index in [1.165, 1.54) is 27.1 Å². The quantitative estimate of drug-likeness (QED) is 0.305. The molecule has 0 aliphatic carbocycles.